The van der Waals surface area contributed by atoms with Crippen molar-refractivity contribution in [3.05, 3.63) is 65.7 Å². The van der Waals surface area contributed by atoms with E-state index in [1.807, 2.05) is 18.2 Å². The minimum Gasteiger partial charge on any atom is -0.388 e. The number of benzene rings is 1. The van der Waals surface area contributed by atoms with Crippen molar-refractivity contribution in [2.75, 3.05) is 6.54 Å². The largest absolute Gasteiger partial charge is 0.388 e. The summed E-state index contributed by atoms with van der Waals surface area (Å²) in [5.41, 5.74) is 1.71. The predicted molar refractivity (Wildman–Crippen MR) is 71.9 cm³/mol. The molecule has 0 aliphatic heterocycles. The van der Waals surface area contributed by atoms with Crippen molar-refractivity contribution in [3.63, 3.8) is 0 Å². The van der Waals surface area contributed by atoms with E-state index in [-0.39, 0.29) is 5.82 Å². The highest BCUT2D eigenvalue weighted by Crippen LogP contribution is 2.16. The highest BCUT2D eigenvalue weighted by atomic mass is 19.1. The molecule has 1 atom stereocenters. The number of nitrogens with zero attached hydrogens (tertiary/aromatic N) is 1. The molecule has 100 valence electrons. The Morgan fingerprint density at radius 2 is 1.95 bits per heavy atom. The van der Waals surface area contributed by atoms with Crippen molar-refractivity contribution in [2.45, 2.75) is 19.1 Å². The fourth-order valence-corrected chi connectivity index (χ4v) is 1.81. The van der Waals surface area contributed by atoms with Gasteiger partial charge in [0.1, 0.15) is 5.82 Å². The van der Waals surface area contributed by atoms with Gasteiger partial charge in [0.2, 0.25) is 0 Å². The summed E-state index contributed by atoms with van der Waals surface area (Å²) < 4.78 is 12.7. The zero-order chi connectivity index (χ0) is 13.5. The van der Waals surface area contributed by atoms with Crippen LogP contribution in [0.25, 0.3) is 0 Å². The summed E-state index contributed by atoms with van der Waals surface area (Å²) >= 11 is 0. The second-order valence-corrected chi connectivity index (χ2v) is 4.35. The first kappa shape index (κ1) is 13.6. The van der Waals surface area contributed by atoms with Gasteiger partial charge in [0.15, 0.2) is 0 Å². The zero-order valence-corrected chi connectivity index (χ0v) is 10.6. The first-order valence-electron chi connectivity index (χ1n) is 6.30. The summed E-state index contributed by atoms with van der Waals surface area (Å²) in [5, 5.41) is 13.1. The van der Waals surface area contributed by atoms with Crippen LogP contribution in [0, 0.1) is 5.82 Å². The summed E-state index contributed by atoms with van der Waals surface area (Å²) in [7, 11) is 0. The van der Waals surface area contributed by atoms with Crippen LogP contribution >= 0.6 is 0 Å². The van der Waals surface area contributed by atoms with E-state index in [0.29, 0.717) is 19.5 Å². The second-order valence-electron chi connectivity index (χ2n) is 4.35. The third-order valence-electron chi connectivity index (χ3n) is 2.88. The van der Waals surface area contributed by atoms with Gasteiger partial charge in [0, 0.05) is 12.7 Å². The van der Waals surface area contributed by atoms with E-state index in [2.05, 4.69) is 10.3 Å². The Morgan fingerprint density at radius 1 is 1.16 bits per heavy atom. The van der Waals surface area contributed by atoms with Gasteiger partial charge in [-0.3, -0.25) is 4.98 Å². The van der Waals surface area contributed by atoms with Crippen LogP contribution in [0.4, 0.5) is 4.39 Å². The molecule has 1 aromatic carbocycles. The van der Waals surface area contributed by atoms with Crippen molar-refractivity contribution in [1.82, 2.24) is 10.3 Å². The van der Waals surface area contributed by atoms with Gasteiger partial charge in [-0.2, -0.15) is 0 Å². The fourth-order valence-electron chi connectivity index (χ4n) is 1.81. The first-order valence-corrected chi connectivity index (χ1v) is 6.30. The summed E-state index contributed by atoms with van der Waals surface area (Å²) in [6, 6.07) is 11.7. The Hall–Kier alpha value is -1.78. The molecular formula is C15H17FN2O. The molecule has 0 aliphatic rings. The Balaban J connectivity index is 1.72. The van der Waals surface area contributed by atoms with Crippen LogP contribution in [0.5, 0.6) is 0 Å². The van der Waals surface area contributed by atoms with Crippen molar-refractivity contribution >= 4 is 0 Å². The summed E-state index contributed by atoms with van der Waals surface area (Å²) in [4.78, 5) is 4.20. The van der Waals surface area contributed by atoms with Crippen molar-refractivity contribution in [2.24, 2.45) is 0 Å². The van der Waals surface area contributed by atoms with E-state index >= 15 is 0 Å². The number of halogens is 1. The molecule has 2 rings (SSSR count). The molecule has 0 spiro atoms. The maximum absolute atomic E-state index is 12.7. The van der Waals surface area contributed by atoms with Crippen molar-refractivity contribution < 1.29 is 9.50 Å². The van der Waals surface area contributed by atoms with E-state index in [1.54, 1.807) is 18.3 Å². The molecule has 0 aliphatic carbocycles. The first-order chi connectivity index (χ1) is 9.25. The third-order valence-corrected chi connectivity index (χ3v) is 2.88. The fraction of sp³-hybridized carbons (Fsp3) is 0.267. The normalized spacial score (nSPS) is 12.3. The molecule has 1 heterocycles. The smallest absolute Gasteiger partial charge is 0.123 e. The van der Waals surface area contributed by atoms with E-state index in [1.165, 1.54) is 12.1 Å². The van der Waals surface area contributed by atoms with E-state index in [9.17, 15) is 9.50 Å². The number of aromatic nitrogens is 1. The van der Waals surface area contributed by atoms with Gasteiger partial charge >= 0.3 is 0 Å². The van der Waals surface area contributed by atoms with E-state index < -0.39 is 6.10 Å². The molecule has 1 aromatic heterocycles. The maximum Gasteiger partial charge on any atom is 0.123 e. The lowest BCUT2D eigenvalue weighted by Gasteiger charge is -2.11. The minimum absolute atomic E-state index is 0.288. The van der Waals surface area contributed by atoms with Gasteiger partial charge in [-0.1, -0.05) is 18.2 Å². The SMILES string of the molecule is OC(CCNCc1ccccn1)c1ccc(F)cc1. The molecule has 0 amide bonds. The highest BCUT2D eigenvalue weighted by Gasteiger charge is 2.06. The summed E-state index contributed by atoms with van der Waals surface area (Å²) in [6.07, 6.45) is 1.76. The third kappa shape index (κ3) is 4.43. The van der Waals surface area contributed by atoms with Crippen molar-refractivity contribution in [3.8, 4) is 0 Å². The van der Waals surface area contributed by atoms with Gasteiger partial charge in [-0.05, 0) is 42.8 Å². The van der Waals surface area contributed by atoms with Gasteiger partial charge in [-0.25, -0.2) is 4.39 Å². The number of aliphatic hydroxyl groups excluding tert-OH is 1. The van der Waals surface area contributed by atoms with Crippen LogP contribution in [0.2, 0.25) is 0 Å². The molecule has 2 aromatic rings. The standard InChI is InChI=1S/C15H17FN2O/c16-13-6-4-12(5-7-13)15(19)8-10-17-11-14-3-1-2-9-18-14/h1-7,9,15,17,19H,8,10-11H2. The average Bonchev–Trinajstić information content (AvgIpc) is 2.45. The molecule has 0 saturated carbocycles. The Labute approximate surface area is 112 Å². The molecule has 19 heavy (non-hydrogen) atoms. The van der Waals surface area contributed by atoms with Crippen LogP contribution in [-0.2, 0) is 6.54 Å². The van der Waals surface area contributed by atoms with Gasteiger partial charge in [-0.15, -0.1) is 0 Å². The molecule has 0 radical (unpaired) electrons. The average molecular weight is 260 g/mol. The monoisotopic (exact) mass is 260 g/mol. The lowest BCUT2D eigenvalue weighted by molar-refractivity contribution is 0.166. The number of aliphatic hydroxyl groups is 1. The Bertz CT molecular complexity index is 487. The predicted octanol–water partition coefficient (Wildman–Crippen LogP) is 2.43. The topological polar surface area (TPSA) is 45.1 Å². The lowest BCUT2D eigenvalue weighted by Crippen LogP contribution is -2.17. The molecule has 1 unspecified atom stereocenters. The van der Waals surface area contributed by atoms with Crippen molar-refractivity contribution in [1.29, 1.82) is 0 Å². The second kappa shape index (κ2) is 6.97. The van der Waals surface area contributed by atoms with Gasteiger partial charge in [0.25, 0.3) is 0 Å². The number of hydrogen-bond donors (Lipinski definition) is 2. The van der Waals surface area contributed by atoms with Crippen LogP contribution in [-0.4, -0.2) is 16.6 Å². The quantitative estimate of drug-likeness (QED) is 0.784. The number of nitrogens with one attached hydrogen (secondary N) is 1. The van der Waals surface area contributed by atoms with Crippen LogP contribution in [0.3, 0.4) is 0 Å². The number of rotatable bonds is 6. The Morgan fingerprint density at radius 3 is 2.63 bits per heavy atom. The maximum atomic E-state index is 12.7. The summed E-state index contributed by atoms with van der Waals surface area (Å²) in [5.74, 6) is -0.288. The van der Waals surface area contributed by atoms with Gasteiger partial charge in [0.05, 0.1) is 11.8 Å². The van der Waals surface area contributed by atoms with Crippen LogP contribution in [0.1, 0.15) is 23.8 Å². The zero-order valence-electron chi connectivity index (χ0n) is 10.6. The molecular weight excluding hydrogens is 243 g/mol. The van der Waals surface area contributed by atoms with Gasteiger partial charge < -0.3 is 10.4 Å². The molecule has 3 nitrogen and oxygen atoms in total. The molecule has 0 fully saturated rings. The van der Waals surface area contributed by atoms with E-state index in [0.717, 1.165) is 11.3 Å². The highest BCUT2D eigenvalue weighted by molar-refractivity contribution is 5.18. The molecule has 0 saturated heterocycles. The molecule has 2 N–H and O–H groups in total. The molecule has 0 bridgehead atoms. The summed E-state index contributed by atoms with van der Waals surface area (Å²) in [6.45, 7) is 1.35. The number of hydrogen-bond acceptors (Lipinski definition) is 3. The number of pyridine rings is 1. The van der Waals surface area contributed by atoms with E-state index in [4.69, 9.17) is 0 Å². The van der Waals surface area contributed by atoms with Crippen LogP contribution in [0.15, 0.2) is 48.7 Å². The lowest BCUT2D eigenvalue weighted by atomic mass is 10.1. The Kier molecular flexibility index (Phi) is 5.01. The minimum atomic E-state index is -0.572. The molecule has 4 heteroatoms. The van der Waals surface area contributed by atoms with Crippen LogP contribution < -0.4 is 5.32 Å².